The van der Waals surface area contributed by atoms with Gasteiger partial charge in [0.05, 0.1) is 5.56 Å². The van der Waals surface area contributed by atoms with Crippen LogP contribution in [0.3, 0.4) is 0 Å². The standard InChI is InChI=1S/C29H32N2O2/c1-5-30(6-2)22-13-15-25-20(18-22)17-21-19-23(31(7-3)8-4)14-16-26(21)29(25)27-12-10-9-11-24(27)28(32)33-29/h9-16,18-19H,5-8,17H2,1-4H3. The van der Waals surface area contributed by atoms with Gasteiger partial charge in [-0.25, -0.2) is 4.79 Å². The first-order valence-corrected chi connectivity index (χ1v) is 12.2. The molecule has 0 atom stereocenters. The molecule has 3 aromatic carbocycles. The molecule has 170 valence electrons. The maximum Gasteiger partial charge on any atom is 0.340 e. The molecule has 0 saturated heterocycles. The average molecular weight is 441 g/mol. The van der Waals surface area contributed by atoms with Gasteiger partial charge in [0, 0.05) is 54.2 Å². The van der Waals surface area contributed by atoms with Crippen LogP contribution in [0.2, 0.25) is 0 Å². The van der Waals surface area contributed by atoms with Gasteiger partial charge in [-0.1, -0.05) is 30.3 Å². The zero-order valence-electron chi connectivity index (χ0n) is 20.0. The number of hydrogen-bond donors (Lipinski definition) is 0. The van der Waals surface area contributed by atoms with Gasteiger partial charge < -0.3 is 14.5 Å². The minimum Gasteiger partial charge on any atom is -0.441 e. The normalized spacial score (nSPS) is 15.0. The number of ether oxygens (including phenoxy) is 1. The molecule has 1 spiro atoms. The maximum atomic E-state index is 13.1. The summed E-state index contributed by atoms with van der Waals surface area (Å²) in [5.74, 6) is -0.245. The zero-order chi connectivity index (χ0) is 23.2. The van der Waals surface area contributed by atoms with E-state index in [-0.39, 0.29) is 5.97 Å². The smallest absolute Gasteiger partial charge is 0.340 e. The number of carbonyl (C=O) groups excluding carboxylic acids is 1. The van der Waals surface area contributed by atoms with Crippen molar-refractivity contribution < 1.29 is 9.53 Å². The molecule has 2 aliphatic rings. The van der Waals surface area contributed by atoms with E-state index in [1.54, 1.807) is 0 Å². The van der Waals surface area contributed by atoms with Crippen LogP contribution >= 0.6 is 0 Å². The summed E-state index contributed by atoms with van der Waals surface area (Å²) in [6.45, 7) is 12.6. The Labute approximate surface area is 196 Å². The van der Waals surface area contributed by atoms with Gasteiger partial charge in [-0.3, -0.25) is 0 Å². The van der Waals surface area contributed by atoms with Crippen molar-refractivity contribution in [2.45, 2.75) is 39.7 Å². The van der Waals surface area contributed by atoms with Gasteiger partial charge in [-0.15, -0.1) is 0 Å². The molecule has 1 aliphatic heterocycles. The Kier molecular flexibility index (Phi) is 5.40. The lowest BCUT2D eigenvalue weighted by atomic mass is 9.71. The van der Waals surface area contributed by atoms with Gasteiger partial charge in [0.25, 0.3) is 0 Å². The SMILES string of the molecule is CCN(CC)c1ccc2c(c1)Cc1cc(N(CC)CC)ccc1C21OC(=O)c2ccccc21. The number of hydrogen-bond acceptors (Lipinski definition) is 4. The van der Waals surface area contributed by atoms with Crippen LogP contribution in [0.15, 0.2) is 60.7 Å². The van der Waals surface area contributed by atoms with Crippen LogP contribution in [-0.2, 0) is 16.8 Å². The molecule has 0 amide bonds. The summed E-state index contributed by atoms with van der Waals surface area (Å²) in [5.41, 5.74) is 7.78. The molecule has 0 radical (unpaired) electrons. The minimum absolute atomic E-state index is 0.245. The third kappa shape index (κ3) is 3.15. The van der Waals surface area contributed by atoms with Crippen molar-refractivity contribution >= 4 is 17.3 Å². The Bertz CT molecular complexity index is 1150. The van der Waals surface area contributed by atoms with Crippen molar-refractivity contribution in [2.75, 3.05) is 36.0 Å². The first-order valence-electron chi connectivity index (χ1n) is 12.2. The molecule has 4 nitrogen and oxygen atoms in total. The fourth-order valence-corrected chi connectivity index (χ4v) is 5.68. The Morgan fingerprint density at radius 3 is 1.76 bits per heavy atom. The highest BCUT2D eigenvalue weighted by Gasteiger charge is 2.52. The second-order valence-electron chi connectivity index (χ2n) is 8.82. The highest BCUT2D eigenvalue weighted by Crippen LogP contribution is 2.52. The van der Waals surface area contributed by atoms with Crippen LogP contribution in [0, 0.1) is 0 Å². The van der Waals surface area contributed by atoms with E-state index in [4.69, 9.17) is 4.74 Å². The summed E-state index contributed by atoms with van der Waals surface area (Å²) in [4.78, 5) is 17.8. The summed E-state index contributed by atoms with van der Waals surface area (Å²) < 4.78 is 6.35. The number of anilines is 2. The fraction of sp³-hybridized carbons (Fsp3) is 0.345. The molecule has 1 heterocycles. The van der Waals surface area contributed by atoms with Gasteiger partial charge in [-0.05, 0) is 75.6 Å². The number of nitrogens with zero attached hydrogens (tertiary/aromatic N) is 2. The summed E-state index contributed by atoms with van der Waals surface area (Å²) >= 11 is 0. The molecule has 1 aliphatic carbocycles. The number of benzene rings is 3. The van der Waals surface area contributed by atoms with Gasteiger partial charge >= 0.3 is 5.97 Å². The number of carbonyl (C=O) groups is 1. The quantitative estimate of drug-likeness (QED) is 0.457. The van der Waals surface area contributed by atoms with E-state index in [1.165, 1.54) is 22.5 Å². The molecule has 4 heteroatoms. The van der Waals surface area contributed by atoms with Gasteiger partial charge in [-0.2, -0.15) is 0 Å². The van der Waals surface area contributed by atoms with Crippen LogP contribution in [0.4, 0.5) is 11.4 Å². The van der Waals surface area contributed by atoms with Crippen molar-refractivity contribution in [3.63, 3.8) is 0 Å². The monoisotopic (exact) mass is 440 g/mol. The van der Waals surface area contributed by atoms with E-state index < -0.39 is 5.60 Å². The summed E-state index contributed by atoms with van der Waals surface area (Å²) in [6, 6.07) is 21.2. The van der Waals surface area contributed by atoms with E-state index in [0.29, 0.717) is 5.56 Å². The first-order chi connectivity index (χ1) is 16.1. The predicted octanol–water partition coefficient (Wildman–Crippen LogP) is 5.75. The molecule has 0 fully saturated rings. The lowest BCUT2D eigenvalue weighted by Gasteiger charge is -2.38. The molecule has 0 bridgehead atoms. The highest BCUT2D eigenvalue weighted by molar-refractivity contribution is 5.96. The topological polar surface area (TPSA) is 32.8 Å². The van der Waals surface area contributed by atoms with E-state index in [9.17, 15) is 4.79 Å². The van der Waals surface area contributed by atoms with Crippen LogP contribution in [0.5, 0.6) is 0 Å². The second-order valence-corrected chi connectivity index (χ2v) is 8.82. The summed E-state index contributed by atoms with van der Waals surface area (Å²) in [6.07, 6.45) is 0.830. The molecule has 0 unspecified atom stereocenters. The van der Waals surface area contributed by atoms with Crippen LogP contribution in [0.1, 0.15) is 65.9 Å². The van der Waals surface area contributed by atoms with Crippen molar-refractivity contribution in [2.24, 2.45) is 0 Å². The third-order valence-electron chi connectivity index (χ3n) is 7.35. The lowest BCUT2D eigenvalue weighted by Crippen LogP contribution is -2.35. The van der Waals surface area contributed by atoms with E-state index >= 15 is 0 Å². The van der Waals surface area contributed by atoms with Gasteiger partial charge in [0.2, 0.25) is 0 Å². The van der Waals surface area contributed by atoms with Crippen molar-refractivity contribution in [3.8, 4) is 0 Å². The fourth-order valence-electron chi connectivity index (χ4n) is 5.68. The Morgan fingerprint density at radius 1 is 0.727 bits per heavy atom. The van der Waals surface area contributed by atoms with Crippen LogP contribution < -0.4 is 9.80 Å². The van der Waals surface area contributed by atoms with Crippen molar-refractivity contribution in [3.05, 3.63) is 94.0 Å². The summed E-state index contributed by atoms with van der Waals surface area (Å²) in [5, 5.41) is 0. The second kappa shape index (κ2) is 8.26. The van der Waals surface area contributed by atoms with Crippen LogP contribution in [0.25, 0.3) is 0 Å². The van der Waals surface area contributed by atoms with E-state index in [2.05, 4.69) is 80.0 Å². The highest BCUT2D eigenvalue weighted by atomic mass is 16.6. The Hall–Kier alpha value is -3.27. The van der Waals surface area contributed by atoms with Gasteiger partial charge in [0.1, 0.15) is 0 Å². The zero-order valence-corrected chi connectivity index (χ0v) is 20.0. The van der Waals surface area contributed by atoms with E-state index in [0.717, 1.165) is 49.3 Å². The molecule has 5 rings (SSSR count). The Morgan fingerprint density at radius 2 is 1.24 bits per heavy atom. The molecule has 0 N–H and O–H groups in total. The van der Waals surface area contributed by atoms with E-state index in [1.807, 2.05) is 18.2 Å². The molecule has 0 saturated carbocycles. The minimum atomic E-state index is -0.889. The molecule has 3 aromatic rings. The lowest BCUT2D eigenvalue weighted by molar-refractivity contribution is 0.0241. The van der Waals surface area contributed by atoms with Crippen molar-refractivity contribution in [1.29, 1.82) is 0 Å². The van der Waals surface area contributed by atoms with Gasteiger partial charge in [0.15, 0.2) is 5.60 Å². The third-order valence-corrected chi connectivity index (χ3v) is 7.35. The first kappa shape index (κ1) is 21.6. The predicted molar refractivity (Wildman–Crippen MR) is 135 cm³/mol. The molecular formula is C29H32N2O2. The molecule has 33 heavy (non-hydrogen) atoms. The Balaban J connectivity index is 1.76. The number of esters is 1. The largest absolute Gasteiger partial charge is 0.441 e. The molecule has 0 aromatic heterocycles. The molecular weight excluding hydrogens is 408 g/mol. The summed E-state index contributed by atoms with van der Waals surface area (Å²) in [7, 11) is 0. The van der Waals surface area contributed by atoms with Crippen molar-refractivity contribution in [1.82, 2.24) is 0 Å². The average Bonchev–Trinajstić information content (AvgIpc) is 3.13. The maximum absolute atomic E-state index is 13.1. The number of rotatable bonds is 6. The number of fused-ring (bicyclic) bond motifs is 6. The van der Waals surface area contributed by atoms with Crippen LogP contribution in [-0.4, -0.2) is 32.1 Å².